The van der Waals surface area contributed by atoms with Crippen LogP contribution in [0, 0.1) is 23.4 Å². The van der Waals surface area contributed by atoms with Crippen molar-refractivity contribution < 1.29 is 31.5 Å². The molecule has 0 radical (unpaired) electrons. The Morgan fingerprint density at radius 2 is 1.61 bits per heavy atom. The molecule has 1 fully saturated rings. The molecule has 3 aromatic rings. The minimum absolute atomic E-state index is 0.0211. The molecule has 4 nitrogen and oxygen atoms in total. The van der Waals surface area contributed by atoms with Crippen molar-refractivity contribution in [1.82, 2.24) is 0 Å². The molecule has 188 valence electrons. The summed E-state index contributed by atoms with van der Waals surface area (Å²) in [6.07, 6.45) is -3.07. The van der Waals surface area contributed by atoms with Gasteiger partial charge in [0, 0.05) is 17.7 Å². The van der Waals surface area contributed by atoms with Gasteiger partial charge in [-0.15, -0.1) is 23.2 Å². The van der Waals surface area contributed by atoms with Crippen LogP contribution >= 0.6 is 34.8 Å². The third-order valence-electron chi connectivity index (χ3n) is 5.61. The molecule has 0 aromatic heterocycles. The van der Waals surface area contributed by atoms with Gasteiger partial charge in [0.1, 0.15) is 21.8 Å². The van der Waals surface area contributed by atoms with Gasteiger partial charge in [-0.1, -0.05) is 17.7 Å². The number of halogens is 8. The van der Waals surface area contributed by atoms with Gasteiger partial charge >= 0.3 is 0 Å². The molecule has 36 heavy (non-hydrogen) atoms. The molecule has 4 rings (SSSR count). The fourth-order valence-electron chi connectivity index (χ4n) is 3.77. The number of amides is 2. The van der Waals surface area contributed by atoms with Gasteiger partial charge in [0.2, 0.25) is 5.91 Å². The first-order valence-corrected chi connectivity index (χ1v) is 11.4. The third-order valence-corrected chi connectivity index (χ3v) is 6.88. The number of carbonyl (C=O) groups excluding carboxylic acids is 2. The highest BCUT2D eigenvalue weighted by Crippen LogP contribution is 2.65. The number of rotatable bonds is 6. The van der Waals surface area contributed by atoms with Crippen LogP contribution in [0.2, 0.25) is 5.02 Å². The van der Waals surface area contributed by atoms with Crippen molar-refractivity contribution >= 4 is 58.0 Å². The summed E-state index contributed by atoms with van der Waals surface area (Å²) in [5.41, 5.74) is -0.989. The largest absolute Gasteiger partial charge is 0.326 e. The normalized spacial score (nSPS) is 18.1. The summed E-state index contributed by atoms with van der Waals surface area (Å²) in [5.74, 6) is -6.41. The highest BCUT2D eigenvalue weighted by atomic mass is 35.5. The molecule has 1 aliphatic rings. The molecule has 0 heterocycles. The van der Waals surface area contributed by atoms with Crippen molar-refractivity contribution in [2.75, 3.05) is 10.6 Å². The van der Waals surface area contributed by atoms with Crippen LogP contribution in [0.5, 0.6) is 0 Å². The van der Waals surface area contributed by atoms with E-state index in [4.69, 9.17) is 34.8 Å². The average molecular weight is 564 g/mol. The van der Waals surface area contributed by atoms with Crippen molar-refractivity contribution in [3.63, 3.8) is 0 Å². The summed E-state index contributed by atoms with van der Waals surface area (Å²) in [4.78, 5) is 25.5. The lowest BCUT2D eigenvalue weighted by Gasteiger charge is -2.11. The Hall–Kier alpha value is -2.88. The van der Waals surface area contributed by atoms with Gasteiger partial charge in [0.05, 0.1) is 27.8 Å². The quantitative estimate of drug-likeness (QED) is 0.241. The number of alkyl halides is 4. The van der Waals surface area contributed by atoms with E-state index in [1.54, 1.807) is 0 Å². The van der Waals surface area contributed by atoms with E-state index >= 15 is 0 Å². The van der Waals surface area contributed by atoms with Crippen LogP contribution in [0.3, 0.4) is 0 Å². The van der Waals surface area contributed by atoms with Gasteiger partial charge in [-0.3, -0.25) is 9.59 Å². The molecule has 1 saturated carbocycles. The van der Waals surface area contributed by atoms with E-state index in [1.165, 1.54) is 24.3 Å². The monoisotopic (exact) mass is 562 g/mol. The van der Waals surface area contributed by atoms with Crippen molar-refractivity contribution in [1.29, 1.82) is 0 Å². The number of nitrogens with one attached hydrogen (secondary N) is 2. The minimum Gasteiger partial charge on any atom is -0.326 e. The first-order valence-electron chi connectivity index (χ1n) is 10.2. The lowest BCUT2D eigenvalue weighted by atomic mass is 10.0. The molecule has 0 aliphatic heterocycles. The SMILES string of the molecule is O=C(Nc1ccc(F)cc1F)c1cc(NC(=O)[C@@H]2[C@@H](c3ccc(F)c(C(F)F)c3)C2(Cl)Cl)ccc1Cl. The van der Waals surface area contributed by atoms with E-state index in [0.717, 1.165) is 24.3 Å². The maximum Gasteiger partial charge on any atom is 0.266 e. The van der Waals surface area contributed by atoms with Crippen molar-refractivity contribution in [2.45, 2.75) is 16.7 Å². The molecule has 1 aliphatic carbocycles. The summed E-state index contributed by atoms with van der Waals surface area (Å²) in [6.45, 7) is 0. The average Bonchev–Trinajstić information content (AvgIpc) is 3.39. The third kappa shape index (κ3) is 5.14. The molecular formula is C24H14Cl3F5N2O2. The zero-order chi connectivity index (χ0) is 26.4. The maximum atomic E-state index is 13.9. The summed E-state index contributed by atoms with van der Waals surface area (Å²) >= 11 is 18.6. The Labute approximate surface area is 216 Å². The molecule has 0 bridgehead atoms. The van der Waals surface area contributed by atoms with Crippen LogP contribution in [0.4, 0.5) is 33.3 Å². The number of benzene rings is 3. The number of hydrogen-bond acceptors (Lipinski definition) is 2. The van der Waals surface area contributed by atoms with E-state index < -0.39 is 57.4 Å². The fourth-order valence-corrected chi connectivity index (χ4v) is 4.80. The highest BCUT2D eigenvalue weighted by Gasteiger charge is 2.67. The molecule has 2 atom stereocenters. The van der Waals surface area contributed by atoms with E-state index in [1.807, 2.05) is 0 Å². The maximum absolute atomic E-state index is 13.9. The Balaban J connectivity index is 1.52. The molecular weight excluding hydrogens is 550 g/mol. The molecule has 12 heteroatoms. The van der Waals surface area contributed by atoms with Crippen LogP contribution in [-0.4, -0.2) is 16.1 Å². The molecule has 2 amide bonds. The van der Waals surface area contributed by atoms with E-state index in [0.29, 0.717) is 6.07 Å². The first-order chi connectivity index (χ1) is 16.9. The lowest BCUT2D eigenvalue weighted by molar-refractivity contribution is -0.117. The molecule has 3 aromatic carbocycles. The first kappa shape index (κ1) is 26.2. The summed E-state index contributed by atoms with van der Waals surface area (Å²) < 4.78 is 65.1. The molecule has 0 saturated heterocycles. The molecule has 0 unspecified atom stereocenters. The standard InChI is InChI=1S/C24H14Cl3F5N2O2/c25-15-4-3-12(9-13(15)22(35)34-18-6-2-11(28)8-17(18)30)33-23(36)20-19(24(20,26)27)10-1-5-16(29)14(7-10)21(31)32/h1-9,19-21H,(H,33,36)(H,34,35)/t19-,20+/m1/s1. The Bertz CT molecular complexity index is 1370. The number of anilines is 2. The van der Waals surface area contributed by atoms with Crippen LogP contribution in [0.1, 0.15) is 33.8 Å². The van der Waals surface area contributed by atoms with Crippen LogP contribution < -0.4 is 10.6 Å². The van der Waals surface area contributed by atoms with Gasteiger partial charge in [0.25, 0.3) is 12.3 Å². The molecule has 0 spiro atoms. The summed E-state index contributed by atoms with van der Waals surface area (Å²) in [6, 6.07) is 9.46. The Morgan fingerprint density at radius 1 is 0.889 bits per heavy atom. The van der Waals surface area contributed by atoms with E-state index in [-0.39, 0.29) is 27.5 Å². The van der Waals surface area contributed by atoms with Gasteiger partial charge in [0.15, 0.2) is 0 Å². The van der Waals surface area contributed by atoms with Gasteiger partial charge in [-0.25, -0.2) is 22.0 Å². The second kappa shape index (κ2) is 9.88. The summed E-state index contributed by atoms with van der Waals surface area (Å²) in [7, 11) is 0. The van der Waals surface area contributed by atoms with Crippen LogP contribution in [0.15, 0.2) is 54.6 Å². The topological polar surface area (TPSA) is 58.2 Å². The smallest absolute Gasteiger partial charge is 0.266 e. The van der Waals surface area contributed by atoms with Crippen molar-refractivity contribution in [2.24, 2.45) is 5.92 Å². The zero-order valence-electron chi connectivity index (χ0n) is 17.8. The van der Waals surface area contributed by atoms with Crippen molar-refractivity contribution in [3.8, 4) is 0 Å². The second-order valence-electron chi connectivity index (χ2n) is 7.97. The minimum atomic E-state index is -3.07. The lowest BCUT2D eigenvalue weighted by Crippen LogP contribution is -2.18. The zero-order valence-corrected chi connectivity index (χ0v) is 20.0. The van der Waals surface area contributed by atoms with Crippen LogP contribution in [0.25, 0.3) is 0 Å². The summed E-state index contributed by atoms with van der Waals surface area (Å²) in [5, 5.41) is 4.76. The Morgan fingerprint density at radius 3 is 2.28 bits per heavy atom. The number of carbonyl (C=O) groups is 2. The number of hydrogen-bond donors (Lipinski definition) is 2. The Kier molecular flexibility index (Phi) is 7.19. The van der Waals surface area contributed by atoms with E-state index in [9.17, 15) is 31.5 Å². The predicted octanol–water partition coefficient (Wildman–Crippen LogP) is 7.47. The van der Waals surface area contributed by atoms with Gasteiger partial charge < -0.3 is 10.6 Å². The second-order valence-corrected chi connectivity index (χ2v) is 9.83. The highest BCUT2D eigenvalue weighted by molar-refractivity contribution is 6.53. The van der Waals surface area contributed by atoms with Gasteiger partial charge in [-0.2, -0.15) is 0 Å². The predicted molar refractivity (Wildman–Crippen MR) is 126 cm³/mol. The van der Waals surface area contributed by atoms with Crippen LogP contribution in [-0.2, 0) is 4.79 Å². The molecule has 2 N–H and O–H groups in total. The van der Waals surface area contributed by atoms with E-state index in [2.05, 4.69) is 10.6 Å². The fraction of sp³-hybridized carbons (Fsp3) is 0.167. The van der Waals surface area contributed by atoms with Crippen molar-refractivity contribution in [3.05, 3.63) is 93.8 Å². The van der Waals surface area contributed by atoms with Gasteiger partial charge in [-0.05, 0) is 48.0 Å².